The zero-order valence-electron chi connectivity index (χ0n) is 74.7. The molecule has 3 fully saturated rings. The first-order valence-corrected chi connectivity index (χ1v) is 41.9. The summed E-state index contributed by atoms with van der Waals surface area (Å²) in [6.07, 6.45) is -13.8. The molecule has 0 aliphatic carbocycles. The van der Waals surface area contributed by atoms with E-state index in [9.17, 15) is 81.5 Å². The summed E-state index contributed by atoms with van der Waals surface area (Å²) in [6.45, 7) is 10.9. The summed E-state index contributed by atoms with van der Waals surface area (Å²) >= 11 is 0. The van der Waals surface area contributed by atoms with Crippen molar-refractivity contribution in [3.63, 3.8) is 0 Å². The lowest BCUT2D eigenvalue weighted by Crippen LogP contribution is -2.67. The minimum Gasteiger partial charge on any atom is -0.481 e. The van der Waals surface area contributed by atoms with Gasteiger partial charge in [-0.2, -0.15) is 0 Å². The molecule has 15 atom stereocenters. The highest BCUT2D eigenvalue weighted by molar-refractivity contribution is 5.79. The summed E-state index contributed by atoms with van der Waals surface area (Å²) in [7, 11) is 0. The molecule has 3 aliphatic rings. The van der Waals surface area contributed by atoms with Gasteiger partial charge in [-0.15, -0.1) is 0 Å². The number of carbonyl (C=O) groups excluding carboxylic acids is 16. The number of unbranched alkanes of at least 4 members (excludes halogenated alkanes) is 3. The standard InChI is InChI=1S/C80H129N7O41/c1-48(88)84-69-60(126-61(42-117-51(4)91)72(120-54(7)94)75(69)123-57(10)97)41-111-36-35-108-30-24-83-66(102)21-27-114-47-80(87-67(103)17-15-13-14-16-18-68(104)105,45-112-25-19-64(100)81-22-28-106-31-33-109-37-39-115-78-70(85-49(2)89)76(124-58(11)98)73(121-55(8)95)62(127-78)43-118-52(5)92)46-113-26-20-65(101)82-23-29-107-32-34-110-38-40-116-79-71(86-50(3)90)77(125-59(12)99)74(122-56(9)96)63(128-79)44-119-53(6)93/h60-63,69-79H,13-47H2,1-12H3,(H,81,100)(H,82,101)(H,83,102)(H,84,88)(H,85,89)(H,86,90)(H,87,103)(H,104,105). The Morgan fingerprint density at radius 3 is 0.906 bits per heavy atom. The number of carbonyl (C=O) groups is 17. The maximum atomic E-state index is 13.9. The van der Waals surface area contributed by atoms with Crippen molar-refractivity contribution >= 4 is 101 Å². The number of carboxylic acid groups (broad SMARTS) is 1. The molecule has 7 amide bonds. The predicted octanol–water partition coefficient (Wildman–Crippen LogP) is -3.02. The van der Waals surface area contributed by atoms with Gasteiger partial charge in [0.05, 0.1) is 138 Å². The van der Waals surface area contributed by atoms with E-state index in [1.165, 1.54) is 20.8 Å². The molecule has 128 heavy (non-hydrogen) atoms. The Morgan fingerprint density at radius 2 is 0.578 bits per heavy atom. The Balaban J connectivity index is 1.64. The van der Waals surface area contributed by atoms with Crippen LogP contribution in [-0.4, -0.2) is 375 Å². The van der Waals surface area contributed by atoms with Gasteiger partial charge in [-0.3, -0.25) is 81.5 Å². The van der Waals surface area contributed by atoms with Gasteiger partial charge < -0.3 is 151 Å². The normalized spacial score (nSPS) is 22.2. The van der Waals surface area contributed by atoms with Crippen LogP contribution in [0.4, 0.5) is 0 Å². The van der Waals surface area contributed by atoms with E-state index in [2.05, 4.69) is 37.2 Å². The molecule has 3 heterocycles. The number of aliphatic carboxylic acids is 1. The van der Waals surface area contributed by atoms with Crippen LogP contribution in [0.5, 0.6) is 0 Å². The Morgan fingerprint density at radius 1 is 0.281 bits per heavy atom. The predicted molar refractivity (Wildman–Crippen MR) is 430 cm³/mol. The van der Waals surface area contributed by atoms with Crippen molar-refractivity contribution < 1.29 is 196 Å². The van der Waals surface area contributed by atoms with E-state index < -0.39 is 218 Å². The average Bonchev–Trinajstić information content (AvgIpc) is 0.794. The van der Waals surface area contributed by atoms with Crippen molar-refractivity contribution in [2.24, 2.45) is 0 Å². The van der Waals surface area contributed by atoms with E-state index in [4.69, 9.17) is 114 Å². The first kappa shape index (κ1) is 113. The maximum Gasteiger partial charge on any atom is 0.303 e. The fraction of sp³-hybridized carbons (Fsp3) is 0.787. The lowest BCUT2D eigenvalue weighted by Gasteiger charge is -2.45. The van der Waals surface area contributed by atoms with Crippen LogP contribution in [0.2, 0.25) is 0 Å². The number of ether oxygens (including phenoxy) is 23. The lowest BCUT2D eigenvalue weighted by atomic mass is 9.92. The number of nitrogens with one attached hydrogen (secondary N) is 7. The summed E-state index contributed by atoms with van der Waals surface area (Å²) in [5, 5.41) is 28.1. The van der Waals surface area contributed by atoms with Crippen LogP contribution >= 0.6 is 0 Å². The number of amides is 7. The minimum atomic E-state index is -1.52. The van der Waals surface area contributed by atoms with E-state index in [0.29, 0.717) is 25.7 Å². The molecule has 0 saturated carbocycles. The molecule has 0 bridgehead atoms. The summed E-state index contributed by atoms with van der Waals surface area (Å²) in [6, 6.07) is -3.46. The van der Waals surface area contributed by atoms with Crippen molar-refractivity contribution in [3.8, 4) is 0 Å². The van der Waals surface area contributed by atoms with Gasteiger partial charge in [0, 0.05) is 135 Å². The highest BCUT2D eigenvalue weighted by atomic mass is 16.7. The van der Waals surface area contributed by atoms with Gasteiger partial charge in [-0.05, 0) is 12.8 Å². The van der Waals surface area contributed by atoms with Gasteiger partial charge in [0.2, 0.25) is 41.4 Å². The van der Waals surface area contributed by atoms with E-state index in [-0.39, 0.29) is 184 Å². The van der Waals surface area contributed by atoms with Gasteiger partial charge in [0.1, 0.15) is 61.9 Å². The molecule has 3 aliphatic heterocycles. The number of hydrogen-bond donors (Lipinski definition) is 8. The number of rotatable bonds is 66. The lowest BCUT2D eigenvalue weighted by molar-refractivity contribution is -0.279. The molecule has 3 rings (SSSR count). The van der Waals surface area contributed by atoms with Crippen LogP contribution in [0.3, 0.4) is 0 Å². The summed E-state index contributed by atoms with van der Waals surface area (Å²) in [5.41, 5.74) is -1.52. The van der Waals surface area contributed by atoms with Gasteiger partial charge >= 0.3 is 59.7 Å². The fourth-order valence-corrected chi connectivity index (χ4v) is 12.8. The molecule has 8 N–H and O–H groups in total. The summed E-state index contributed by atoms with van der Waals surface area (Å²) in [5.74, 6) is -11.1. The molecule has 0 aromatic rings. The minimum absolute atomic E-state index is 0.00281. The largest absolute Gasteiger partial charge is 0.481 e. The Kier molecular flexibility index (Phi) is 56.5. The topological polar surface area (TPSA) is 607 Å². The third-order valence-electron chi connectivity index (χ3n) is 18.0. The van der Waals surface area contributed by atoms with Gasteiger partial charge in [0.15, 0.2) is 49.2 Å². The Bertz CT molecular complexity index is 3340. The summed E-state index contributed by atoms with van der Waals surface area (Å²) < 4.78 is 130. The first-order chi connectivity index (χ1) is 60.9. The second-order valence-electron chi connectivity index (χ2n) is 29.3. The SMILES string of the molecule is CC(=O)NC1C(COCCOCCNC(=O)CCOCC(COCCC(=O)NCCOCCOCCOC2OC(COC(C)=O)C(OC(C)=O)C(OC(C)=O)C2NC(C)=O)(COCCC(=O)NCCOCCOCCOC2OC(COC(C)=O)C(OC(C)=O)C(OC(C)=O)C2NC(C)=O)NC(=O)CCCCCCC(=O)O)OC(COC(C)=O)C(OC(C)=O)C1OC(C)=O. The van der Waals surface area contributed by atoms with Crippen LogP contribution < -0.4 is 37.2 Å². The van der Waals surface area contributed by atoms with Crippen LogP contribution in [-0.2, 0) is 190 Å². The monoisotopic (exact) mass is 1840 g/mol. The van der Waals surface area contributed by atoms with E-state index in [0.717, 1.165) is 62.3 Å². The number of esters is 9. The molecule has 15 unspecified atom stereocenters. The smallest absolute Gasteiger partial charge is 0.303 e. The average molecular weight is 1840 g/mol. The van der Waals surface area contributed by atoms with Gasteiger partial charge in [-0.1, -0.05) is 12.8 Å². The number of carboxylic acids is 1. The molecule has 0 spiro atoms. The van der Waals surface area contributed by atoms with Crippen molar-refractivity contribution in [2.75, 3.05) is 172 Å². The zero-order chi connectivity index (χ0) is 94.9. The second-order valence-corrected chi connectivity index (χ2v) is 29.3. The van der Waals surface area contributed by atoms with Crippen LogP contribution in [0.25, 0.3) is 0 Å². The van der Waals surface area contributed by atoms with Crippen molar-refractivity contribution in [1.29, 1.82) is 0 Å². The van der Waals surface area contributed by atoms with Crippen LogP contribution in [0.15, 0.2) is 0 Å². The number of hydrogen-bond acceptors (Lipinski definition) is 40. The van der Waals surface area contributed by atoms with Crippen molar-refractivity contribution in [1.82, 2.24) is 37.2 Å². The molecule has 3 saturated heterocycles. The molecule has 0 aromatic heterocycles. The molecular formula is C80H129N7O41. The second kappa shape index (κ2) is 64.2. The highest BCUT2D eigenvalue weighted by Gasteiger charge is 2.54. The van der Waals surface area contributed by atoms with Crippen molar-refractivity contribution in [2.45, 2.75) is 238 Å². The molecular weight excluding hydrogens is 1710 g/mol. The third kappa shape index (κ3) is 49.8. The van der Waals surface area contributed by atoms with Crippen molar-refractivity contribution in [3.05, 3.63) is 0 Å². The molecule has 48 nitrogen and oxygen atoms in total. The Hall–Kier alpha value is -9.57. The quantitative estimate of drug-likeness (QED) is 0.0171. The Labute approximate surface area is 741 Å². The first-order valence-electron chi connectivity index (χ1n) is 41.9. The fourth-order valence-electron chi connectivity index (χ4n) is 12.8. The van der Waals surface area contributed by atoms with E-state index >= 15 is 0 Å². The van der Waals surface area contributed by atoms with Gasteiger partial charge in [-0.25, -0.2) is 0 Å². The molecule has 0 radical (unpaired) electrons. The zero-order valence-corrected chi connectivity index (χ0v) is 74.7. The highest BCUT2D eigenvalue weighted by Crippen LogP contribution is 2.32. The maximum absolute atomic E-state index is 13.9. The molecule has 0 aromatic carbocycles. The van der Waals surface area contributed by atoms with Crippen LogP contribution in [0, 0.1) is 0 Å². The third-order valence-corrected chi connectivity index (χ3v) is 18.0. The van der Waals surface area contributed by atoms with Gasteiger partial charge in [0.25, 0.3) is 0 Å². The van der Waals surface area contributed by atoms with E-state index in [1.807, 2.05) is 0 Å². The molecule has 730 valence electrons. The van der Waals surface area contributed by atoms with Crippen LogP contribution in [0.1, 0.15) is 141 Å². The van der Waals surface area contributed by atoms with E-state index in [1.54, 1.807) is 0 Å². The summed E-state index contributed by atoms with van der Waals surface area (Å²) in [4.78, 5) is 210. The molecule has 48 heteroatoms.